The summed E-state index contributed by atoms with van der Waals surface area (Å²) in [6, 6.07) is 4.00. The number of hydrogen-bond acceptors (Lipinski definition) is 2. The molecule has 0 radical (unpaired) electrons. The van der Waals surface area contributed by atoms with Crippen LogP contribution in [0.1, 0.15) is 31.9 Å². The van der Waals surface area contributed by atoms with Crippen molar-refractivity contribution in [2.75, 3.05) is 6.54 Å². The van der Waals surface area contributed by atoms with Gasteiger partial charge in [0.25, 0.3) is 0 Å². The van der Waals surface area contributed by atoms with Crippen LogP contribution in [0.2, 0.25) is 0 Å². The van der Waals surface area contributed by atoms with Crippen molar-refractivity contribution in [3.8, 4) is 0 Å². The van der Waals surface area contributed by atoms with E-state index in [4.69, 9.17) is 0 Å². The quantitative estimate of drug-likeness (QED) is 0.923. The second-order valence-corrected chi connectivity index (χ2v) is 6.04. The Morgan fingerprint density at radius 2 is 2.26 bits per heavy atom. The van der Waals surface area contributed by atoms with Gasteiger partial charge in [0.15, 0.2) is 0 Å². The molecule has 3 nitrogen and oxygen atoms in total. The van der Waals surface area contributed by atoms with Crippen LogP contribution in [0.3, 0.4) is 0 Å². The molecule has 0 bridgehead atoms. The molecule has 3 atom stereocenters. The number of halogens is 2. The lowest BCUT2D eigenvalue weighted by Crippen LogP contribution is -2.40. The minimum Gasteiger partial charge on any atom is -0.480 e. The predicted molar refractivity (Wildman–Crippen MR) is 74.4 cm³/mol. The van der Waals surface area contributed by atoms with E-state index in [9.17, 15) is 14.3 Å². The lowest BCUT2D eigenvalue weighted by molar-refractivity contribution is -0.144. The van der Waals surface area contributed by atoms with Crippen LogP contribution in [0, 0.1) is 11.7 Å². The third kappa shape index (κ3) is 2.82. The summed E-state index contributed by atoms with van der Waals surface area (Å²) < 4.78 is 14.7. The van der Waals surface area contributed by atoms with E-state index in [1.807, 2.05) is 18.7 Å². The summed E-state index contributed by atoms with van der Waals surface area (Å²) in [4.78, 5) is 13.2. The van der Waals surface area contributed by atoms with Gasteiger partial charge < -0.3 is 5.11 Å². The van der Waals surface area contributed by atoms with Gasteiger partial charge >= 0.3 is 5.97 Å². The molecule has 0 amide bonds. The molecule has 0 saturated carbocycles. The summed E-state index contributed by atoms with van der Waals surface area (Å²) in [5.74, 6) is -1.03. The summed E-state index contributed by atoms with van der Waals surface area (Å²) in [6.45, 7) is 4.48. The first-order valence-corrected chi connectivity index (χ1v) is 7.14. The molecular weight excluding hydrogens is 313 g/mol. The highest BCUT2D eigenvalue weighted by Gasteiger charge is 2.39. The molecule has 1 aromatic carbocycles. The van der Waals surface area contributed by atoms with Crippen LogP contribution < -0.4 is 0 Å². The van der Waals surface area contributed by atoms with Gasteiger partial charge in [0.2, 0.25) is 0 Å². The van der Waals surface area contributed by atoms with Crippen molar-refractivity contribution in [1.29, 1.82) is 0 Å². The SMILES string of the molecule is CC1CCN(C(C)c2cc(Br)ccc2F)C1C(=O)O. The normalized spacial score (nSPS) is 25.5. The Morgan fingerprint density at radius 3 is 2.89 bits per heavy atom. The third-order valence-corrected chi connectivity index (χ3v) is 4.39. The molecule has 0 aromatic heterocycles. The Kier molecular flexibility index (Phi) is 4.26. The summed E-state index contributed by atoms with van der Waals surface area (Å²) in [5.41, 5.74) is 0.537. The van der Waals surface area contributed by atoms with Crippen LogP contribution in [0.15, 0.2) is 22.7 Å². The first-order chi connectivity index (χ1) is 8.91. The van der Waals surface area contributed by atoms with E-state index in [2.05, 4.69) is 15.9 Å². The van der Waals surface area contributed by atoms with Gasteiger partial charge in [-0.3, -0.25) is 9.69 Å². The van der Waals surface area contributed by atoms with E-state index >= 15 is 0 Å². The molecule has 1 N–H and O–H groups in total. The zero-order valence-corrected chi connectivity index (χ0v) is 12.5. The number of aliphatic carboxylic acids is 1. The van der Waals surface area contributed by atoms with Crippen molar-refractivity contribution in [3.63, 3.8) is 0 Å². The molecular formula is C14H17BrFNO2. The molecule has 1 saturated heterocycles. The van der Waals surface area contributed by atoms with Crippen LogP contribution in [0.4, 0.5) is 4.39 Å². The Morgan fingerprint density at radius 1 is 1.58 bits per heavy atom. The van der Waals surface area contributed by atoms with E-state index in [-0.39, 0.29) is 17.8 Å². The standard InChI is InChI=1S/C14H17BrFNO2/c1-8-5-6-17(13(8)14(18)19)9(2)11-7-10(15)3-4-12(11)16/h3-4,7-9,13H,5-6H2,1-2H3,(H,18,19). The van der Waals surface area contributed by atoms with Gasteiger partial charge in [0.1, 0.15) is 11.9 Å². The van der Waals surface area contributed by atoms with Gasteiger partial charge in [0.05, 0.1) is 0 Å². The number of rotatable bonds is 3. The number of carboxylic acid groups (broad SMARTS) is 1. The molecule has 0 aliphatic carbocycles. The Hall–Kier alpha value is -0.940. The fraction of sp³-hybridized carbons (Fsp3) is 0.500. The van der Waals surface area contributed by atoms with Crippen molar-refractivity contribution in [2.45, 2.75) is 32.4 Å². The number of carboxylic acids is 1. The fourth-order valence-electron chi connectivity index (χ4n) is 2.81. The first kappa shape index (κ1) is 14.5. The van der Waals surface area contributed by atoms with Crippen molar-refractivity contribution in [1.82, 2.24) is 4.90 Å². The van der Waals surface area contributed by atoms with E-state index in [0.29, 0.717) is 12.1 Å². The second-order valence-electron chi connectivity index (χ2n) is 5.13. The van der Waals surface area contributed by atoms with Crippen molar-refractivity contribution >= 4 is 21.9 Å². The van der Waals surface area contributed by atoms with Crippen LogP contribution in [0.5, 0.6) is 0 Å². The zero-order valence-electron chi connectivity index (χ0n) is 10.9. The maximum Gasteiger partial charge on any atom is 0.321 e. The number of hydrogen-bond donors (Lipinski definition) is 1. The summed E-state index contributed by atoms with van der Waals surface area (Å²) in [6.07, 6.45) is 0.830. The molecule has 1 aliphatic heterocycles. The summed E-state index contributed by atoms with van der Waals surface area (Å²) in [5, 5.41) is 9.33. The Balaban J connectivity index is 2.30. The van der Waals surface area contributed by atoms with Gasteiger partial charge in [-0.05, 0) is 44.0 Å². The molecule has 1 heterocycles. The van der Waals surface area contributed by atoms with Crippen molar-refractivity contribution < 1.29 is 14.3 Å². The van der Waals surface area contributed by atoms with Gasteiger partial charge in [-0.15, -0.1) is 0 Å². The van der Waals surface area contributed by atoms with Crippen molar-refractivity contribution in [3.05, 3.63) is 34.1 Å². The van der Waals surface area contributed by atoms with Crippen LogP contribution in [0.25, 0.3) is 0 Å². The smallest absolute Gasteiger partial charge is 0.321 e. The lowest BCUT2D eigenvalue weighted by atomic mass is 10.0. The molecule has 104 valence electrons. The second kappa shape index (κ2) is 5.59. The molecule has 3 unspecified atom stereocenters. The maximum absolute atomic E-state index is 13.9. The summed E-state index contributed by atoms with van der Waals surface area (Å²) >= 11 is 3.33. The van der Waals surface area contributed by atoms with E-state index in [1.165, 1.54) is 6.07 Å². The largest absolute Gasteiger partial charge is 0.480 e. The van der Waals surface area contributed by atoms with E-state index < -0.39 is 12.0 Å². The average Bonchev–Trinajstić information content (AvgIpc) is 2.73. The monoisotopic (exact) mass is 329 g/mol. The number of carbonyl (C=O) groups is 1. The highest BCUT2D eigenvalue weighted by atomic mass is 79.9. The highest BCUT2D eigenvalue weighted by Crippen LogP contribution is 2.34. The Bertz CT molecular complexity index is 494. The number of likely N-dealkylation sites (tertiary alicyclic amines) is 1. The van der Waals surface area contributed by atoms with Crippen LogP contribution in [-0.4, -0.2) is 28.6 Å². The van der Waals surface area contributed by atoms with Gasteiger partial charge in [-0.25, -0.2) is 4.39 Å². The molecule has 19 heavy (non-hydrogen) atoms. The average molecular weight is 330 g/mol. The maximum atomic E-state index is 13.9. The summed E-state index contributed by atoms with van der Waals surface area (Å²) in [7, 11) is 0. The van der Waals surface area contributed by atoms with Crippen LogP contribution >= 0.6 is 15.9 Å². The molecule has 5 heteroatoms. The Labute approximate surface area is 120 Å². The molecule has 1 fully saturated rings. The topological polar surface area (TPSA) is 40.5 Å². The van der Waals surface area contributed by atoms with Crippen LogP contribution in [-0.2, 0) is 4.79 Å². The molecule has 0 spiro atoms. The number of benzene rings is 1. The lowest BCUT2D eigenvalue weighted by Gasteiger charge is -2.30. The predicted octanol–water partition coefficient (Wildman–Crippen LogP) is 3.44. The van der Waals surface area contributed by atoms with Gasteiger partial charge in [-0.2, -0.15) is 0 Å². The zero-order chi connectivity index (χ0) is 14.2. The van der Waals surface area contributed by atoms with Gasteiger partial charge in [-0.1, -0.05) is 22.9 Å². The molecule has 2 rings (SSSR count). The molecule has 1 aliphatic rings. The first-order valence-electron chi connectivity index (χ1n) is 6.35. The van der Waals surface area contributed by atoms with E-state index in [0.717, 1.165) is 10.9 Å². The number of nitrogens with zero attached hydrogens (tertiary/aromatic N) is 1. The fourth-order valence-corrected chi connectivity index (χ4v) is 3.19. The van der Waals surface area contributed by atoms with Crippen molar-refractivity contribution in [2.24, 2.45) is 5.92 Å². The van der Waals surface area contributed by atoms with E-state index in [1.54, 1.807) is 12.1 Å². The minimum absolute atomic E-state index is 0.0927. The van der Waals surface area contributed by atoms with Gasteiger partial charge in [0, 0.05) is 16.1 Å². The third-order valence-electron chi connectivity index (χ3n) is 3.90. The minimum atomic E-state index is -0.827. The molecule has 1 aromatic rings. The highest BCUT2D eigenvalue weighted by molar-refractivity contribution is 9.10.